The first-order valence-electron chi connectivity index (χ1n) is 7.90. The molecule has 5 nitrogen and oxygen atoms in total. The van der Waals surface area contributed by atoms with Crippen LogP contribution in [-0.4, -0.2) is 54.9 Å². The summed E-state index contributed by atoms with van der Waals surface area (Å²) in [5.74, 6) is 0.521. The first-order valence-corrected chi connectivity index (χ1v) is 10.2. The number of hydrogen-bond donors (Lipinski definition) is 1. The third kappa shape index (κ3) is 3.10. The van der Waals surface area contributed by atoms with Gasteiger partial charge in [-0.25, -0.2) is 0 Å². The van der Waals surface area contributed by atoms with Crippen LogP contribution < -0.4 is 0 Å². The zero-order chi connectivity index (χ0) is 15.7. The minimum atomic E-state index is -3.40. The number of hydrogen-bond acceptors (Lipinski definition) is 4. The second-order valence-corrected chi connectivity index (χ2v) is 9.24. The van der Waals surface area contributed by atoms with Gasteiger partial charge in [0.25, 0.3) is 10.2 Å². The van der Waals surface area contributed by atoms with Gasteiger partial charge in [0.05, 0.1) is 0 Å². The molecule has 1 aromatic rings. The highest BCUT2D eigenvalue weighted by Gasteiger charge is 2.42. The van der Waals surface area contributed by atoms with E-state index in [1.807, 2.05) is 11.4 Å². The molecule has 0 aromatic carbocycles. The molecular formula is C15H24N2O3S2. The van der Waals surface area contributed by atoms with Crippen molar-refractivity contribution in [1.82, 2.24) is 8.61 Å². The van der Waals surface area contributed by atoms with E-state index < -0.39 is 10.2 Å². The molecule has 2 aliphatic heterocycles. The number of aliphatic hydroxyl groups excluding tert-OH is 1. The predicted octanol–water partition coefficient (Wildman–Crippen LogP) is 1.73. The zero-order valence-corrected chi connectivity index (χ0v) is 14.5. The highest BCUT2D eigenvalue weighted by molar-refractivity contribution is 7.86. The number of piperidine rings is 1. The zero-order valence-electron chi connectivity index (χ0n) is 12.9. The molecule has 2 saturated heterocycles. The largest absolute Gasteiger partial charge is 0.396 e. The quantitative estimate of drug-likeness (QED) is 0.905. The SMILES string of the molecule is C[C@@H]1CCCN(S(=O)(=O)N2C[C@H](CO)[C@@H](c3ccsc3)C2)C1. The molecule has 2 fully saturated rings. The van der Waals surface area contributed by atoms with Crippen molar-refractivity contribution in [3.05, 3.63) is 22.4 Å². The Hall–Kier alpha value is -0.470. The van der Waals surface area contributed by atoms with Gasteiger partial charge in [0, 0.05) is 44.6 Å². The second-order valence-electron chi connectivity index (χ2n) is 6.54. The molecule has 3 heterocycles. The van der Waals surface area contributed by atoms with E-state index in [0.29, 0.717) is 32.1 Å². The van der Waals surface area contributed by atoms with E-state index in [0.717, 1.165) is 18.4 Å². The van der Waals surface area contributed by atoms with Gasteiger partial charge in [0.2, 0.25) is 0 Å². The summed E-state index contributed by atoms with van der Waals surface area (Å²) in [5, 5.41) is 13.7. The molecule has 22 heavy (non-hydrogen) atoms. The summed E-state index contributed by atoms with van der Waals surface area (Å²) in [7, 11) is -3.40. The fraction of sp³-hybridized carbons (Fsp3) is 0.733. The molecule has 0 amide bonds. The van der Waals surface area contributed by atoms with Gasteiger partial charge in [-0.3, -0.25) is 0 Å². The number of aliphatic hydroxyl groups is 1. The Morgan fingerprint density at radius 2 is 2.14 bits per heavy atom. The summed E-state index contributed by atoms with van der Waals surface area (Å²) in [6.07, 6.45) is 2.04. The summed E-state index contributed by atoms with van der Waals surface area (Å²) >= 11 is 1.62. The van der Waals surface area contributed by atoms with Crippen molar-refractivity contribution in [2.45, 2.75) is 25.7 Å². The van der Waals surface area contributed by atoms with E-state index in [-0.39, 0.29) is 18.4 Å². The maximum atomic E-state index is 12.9. The average Bonchev–Trinajstić information content (AvgIpc) is 3.16. The van der Waals surface area contributed by atoms with Crippen molar-refractivity contribution in [2.75, 3.05) is 32.8 Å². The molecule has 0 saturated carbocycles. The van der Waals surface area contributed by atoms with Gasteiger partial charge in [-0.1, -0.05) is 6.92 Å². The van der Waals surface area contributed by atoms with Crippen molar-refractivity contribution < 1.29 is 13.5 Å². The molecular weight excluding hydrogens is 320 g/mol. The van der Waals surface area contributed by atoms with Crippen LogP contribution in [0.3, 0.4) is 0 Å². The molecule has 0 unspecified atom stereocenters. The van der Waals surface area contributed by atoms with E-state index >= 15 is 0 Å². The highest BCUT2D eigenvalue weighted by Crippen LogP contribution is 2.36. The number of thiophene rings is 1. The average molecular weight is 345 g/mol. The number of nitrogens with zero attached hydrogens (tertiary/aromatic N) is 2. The fourth-order valence-corrected chi connectivity index (χ4v) is 6.17. The van der Waals surface area contributed by atoms with Gasteiger partial charge in [0.1, 0.15) is 0 Å². The Bertz CT molecular complexity index is 588. The Balaban J connectivity index is 1.77. The van der Waals surface area contributed by atoms with Crippen LogP contribution in [0.15, 0.2) is 16.8 Å². The van der Waals surface area contributed by atoms with Crippen LogP contribution in [-0.2, 0) is 10.2 Å². The third-order valence-corrected chi connectivity index (χ3v) is 7.52. The normalized spacial score (nSPS) is 31.6. The van der Waals surface area contributed by atoms with Gasteiger partial charge in [-0.05, 0) is 41.1 Å². The minimum Gasteiger partial charge on any atom is -0.396 e. The summed E-state index contributed by atoms with van der Waals surface area (Å²) in [6.45, 7) is 4.28. The molecule has 0 radical (unpaired) electrons. The van der Waals surface area contributed by atoms with Crippen molar-refractivity contribution in [3.63, 3.8) is 0 Å². The summed E-state index contributed by atoms with van der Waals surface area (Å²) < 4.78 is 29.0. The molecule has 7 heteroatoms. The van der Waals surface area contributed by atoms with Crippen LogP contribution >= 0.6 is 11.3 Å². The minimum absolute atomic E-state index is 0.00779. The molecule has 2 aliphatic rings. The first-order chi connectivity index (χ1) is 10.5. The van der Waals surface area contributed by atoms with Crippen LogP contribution in [0.1, 0.15) is 31.2 Å². The first kappa shape index (κ1) is 16.4. The van der Waals surface area contributed by atoms with E-state index in [2.05, 4.69) is 12.3 Å². The van der Waals surface area contributed by atoms with Crippen molar-refractivity contribution in [2.24, 2.45) is 11.8 Å². The van der Waals surface area contributed by atoms with Crippen molar-refractivity contribution in [1.29, 1.82) is 0 Å². The van der Waals surface area contributed by atoms with E-state index in [1.165, 1.54) is 0 Å². The van der Waals surface area contributed by atoms with Gasteiger partial charge in [0.15, 0.2) is 0 Å². The van der Waals surface area contributed by atoms with Gasteiger partial charge < -0.3 is 5.11 Å². The maximum Gasteiger partial charge on any atom is 0.282 e. The summed E-state index contributed by atoms with van der Waals surface area (Å²) in [4.78, 5) is 0. The van der Waals surface area contributed by atoms with Crippen LogP contribution in [0.5, 0.6) is 0 Å². The van der Waals surface area contributed by atoms with E-state index in [1.54, 1.807) is 19.9 Å². The Kier molecular flexibility index (Phi) is 4.89. The lowest BCUT2D eigenvalue weighted by Crippen LogP contribution is -2.47. The van der Waals surface area contributed by atoms with Crippen LogP contribution in [0, 0.1) is 11.8 Å². The third-order valence-electron chi connectivity index (χ3n) is 4.89. The van der Waals surface area contributed by atoms with Gasteiger partial charge >= 0.3 is 0 Å². The Morgan fingerprint density at radius 1 is 1.32 bits per heavy atom. The molecule has 1 aromatic heterocycles. The fourth-order valence-electron chi connectivity index (χ4n) is 3.59. The standard InChI is InChI=1S/C15H24N2O3S2/c1-12-3-2-5-16(7-12)22(19,20)17-8-14(10-18)15(9-17)13-4-6-21-11-13/h4,6,11-12,14-15,18H,2-3,5,7-10H2,1H3/t12-,14-,15-/m1/s1. The van der Waals surface area contributed by atoms with Crippen LogP contribution in [0.2, 0.25) is 0 Å². The van der Waals surface area contributed by atoms with E-state index in [4.69, 9.17) is 0 Å². The molecule has 0 aliphatic carbocycles. The lowest BCUT2D eigenvalue weighted by Gasteiger charge is -2.33. The Labute approximate surface area is 136 Å². The lowest BCUT2D eigenvalue weighted by atomic mass is 9.92. The summed E-state index contributed by atoms with van der Waals surface area (Å²) in [5.41, 5.74) is 1.15. The molecule has 1 N–H and O–H groups in total. The molecule has 3 atom stereocenters. The molecule has 0 bridgehead atoms. The van der Waals surface area contributed by atoms with Gasteiger partial charge in [-0.15, -0.1) is 0 Å². The van der Waals surface area contributed by atoms with Gasteiger partial charge in [-0.2, -0.15) is 28.4 Å². The van der Waals surface area contributed by atoms with Crippen molar-refractivity contribution >= 4 is 21.5 Å². The van der Waals surface area contributed by atoms with Crippen molar-refractivity contribution in [3.8, 4) is 0 Å². The van der Waals surface area contributed by atoms with E-state index in [9.17, 15) is 13.5 Å². The lowest BCUT2D eigenvalue weighted by molar-refractivity contribution is 0.221. The topological polar surface area (TPSA) is 60.9 Å². The number of rotatable bonds is 4. The smallest absolute Gasteiger partial charge is 0.282 e. The summed E-state index contributed by atoms with van der Waals surface area (Å²) in [6, 6.07) is 2.04. The highest BCUT2D eigenvalue weighted by atomic mass is 32.2. The second kappa shape index (κ2) is 6.57. The van der Waals surface area contributed by atoms with Crippen LogP contribution in [0.4, 0.5) is 0 Å². The molecule has 0 spiro atoms. The molecule has 3 rings (SSSR count). The molecule has 124 valence electrons. The van der Waals surface area contributed by atoms with Crippen LogP contribution in [0.25, 0.3) is 0 Å². The predicted molar refractivity (Wildman–Crippen MR) is 88.1 cm³/mol. The Morgan fingerprint density at radius 3 is 2.77 bits per heavy atom. The monoisotopic (exact) mass is 344 g/mol. The maximum absolute atomic E-state index is 12.9.